The van der Waals surface area contributed by atoms with Gasteiger partial charge in [-0.15, -0.1) is 11.6 Å². The van der Waals surface area contributed by atoms with Crippen LogP contribution in [-0.4, -0.2) is 17.8 Å². The quantitative estimate of drug-likeness (QED) is 0.814. The SMILES string of the molecule is CC(CCl)C(C)NC(=O)C1CC1c1ccccc1. The third kappa shape index (κ3) is 3.05. The molecular formula is C15H20ClNO. The Labute approximate surface area is 114 Å². The molecule has 1 saturated carbocycles. The first-order chi connectivity index (χ1) is 8.63. The second kappa shape index (κ2) is 5.75. The topological polar surface area (TPSA) is 29.1 Å². The van der Waals surface area contributed by atoms with Crippen molar-refractivity contribution in [2.24, 2.45) is 11.8 Å². The number of halogens is 1. The van der Waals surface area contributed by atoms with Crippen LogP contribution in [-0.2, 0) is 4.79 Å². The smallest absolute Gasteiger partial charge is 0.223 e. The molecule has 1 amide bonds. The molecule has 1 aliphatic rings. The maximum absolute atomic E-state index is 12.1. The number of hydrogen-bond donors (Lipinski definition) is 1. The summed E-state index contributed by atoms with van der Waals surface area (Å²) in [5.74, 6) is 1.62. The Morgan fingerprint density at radius 2 is 2.06 bits per heavy atom. The van der Waals surface area contributed by atoms with Crippen LogP contribution in [0, 0.1) is 11.8 Å². The van der Waals surface area contributed by atoms with Gasteiger partial charge < -0.3 is 5.32 Å². The largest absolute Gasteiger partial charge is 0.353 e. The van der Waals surface area contributed by atoms with E-state index < -0.39 is 0 Å². The predicted octanol–water partition coefficient (Wildman–Crippen LogP) is 3.17. The second-order valence-electron chi connectivity index (χ2n) is 5.29. The Balaban J connectivity index is 1.86. The summed E-state index contributed by atoms with van der Waals surface area (Å²) in [4.78, 5) is 12.1. The van der Waals surface area contributed by atoms with Crippen molar-refractivity contribution in [1.82, 2.24) is 5.32 Å². The van der Waals surface area contributed by atoms with E-state index in [2.05, 4.69) is 24.4 Å². The van der Waals surface area contributed by atoms with E-state index in [1.54, 1.807) is 0 Å². The molecule has 1 N–H and O–H groups in total. The summed E-state index contributed by atoms with van der Waals surface area (Å²) in [6, 6.07) is 10.4. The first-order valence-electron chi connectivity index (χ1n) is 6.54. The maximum atomic E-state index is 12.1. The summed E-state index contributed by atoms with van der Waals surface area (Å²) in [5.41, 5.74) is 1.27. The van der Waals surface area contributed by atoms with E-state index >= 15 is 0 Å². The predicted molar refractivity (Wildman–Crippen MR) is 74.8 cm³/mol. The lowest BCUT2D eigenvalue weighted by molar-refractivity contribution is -0.123. The zero-order valence-electron chi connectivity index (χ0n) is 10.9. The molecule has 2 rings (SSSR count). The van der Waals surface area contributed by atoms with Gasteiger partial charge in [-0.1, -0.05) is 37.3 Å². The van der Waals surface area contributed by atoms with Gasteiger partial charge in [0.1, 0.15) is 0 Å². The van der Waals surface area contributed by atoms with E-state index in [4.69, 9.17) is 11.6 Å². The molecule has 1 fully saturated rings. The van der Waals surface area contributed by atoms with Crippen LogP contribution in [0.5, 0.6) is 0 Å². The van der Waals surface area contributed by atoms with Crippen molar-refractivity contribution in [3.8, 4) is 0 Å². The fourth-order valence-electron chi connectivity index (χ4n) is 2.16. The summed E-state index contributed by atoms with van der Waals surface area (Å²) in [6.07, 6.45) is 0.970. The van der Waals surface area contributed by atoms with Gasteiger partial charge in [0.15, 0.2) is 0 Å². The van der Waals surface area contributed by atoms with Crippen LogP contribution < -0.4 is 5.32 Å². The summed E-state index contributed by atoms with van der Waals surface area (Å²) in [6.45, 7) is 4.07. The van der Waals surface area contributed by atoms with Gasteiger partial charge in [-0.05, 0) is 30.7 Å². The van der Waals surface area contributed by atoms with E-state index in [9.17, 15) is 4.79 Å². The molecule has 18 heavy (non-hydrogen) atoms. The molecule has 1 aliphatic carbocycles. The average molecular weight is 266 g/mol. The zero-order chi connectivity index (χ0) is 13.1. The lowest BCUT2D eigenvalue weighted by Crippen LogP contribution is -2.38. The third-order valence-corrected chi connectivity index (χ3v) is 4.31. The fraction of sp³-hybridized carbons (Fsp3) is 0.533. The average Bonchev–Trinajstić information content (AvgIpc) is 3.19. The number of amides is 1. The van der Waals surface area contributed by atoms with Gasteiger partial charge in [-0.2, -0.15) is 0 Å². The Bertz CT molecular complexity index is 406. The fourth-order valence-corrected chi connectivity index (χ4v) is 2.43. The highest BCUT2D eigenvalue weighted by atomic mass is 35.5. The highest BCUT2D eigenvalue weighted by Crippen LogP contribution is 2.47. The van der Waals surface area contributed by atoms with E-state index in [1.165, 1.54) is 5.56 Å². The lowest BCUT2D eigenvalue weighted by atomic mass is 10.1. The molecule has 2 nitrogen and oxygen atoms in total. The number of hydrogen-bond acceptors (Lipinski definition) is 1. The van der Waals surface area contributed by atoms with Gasteiger partial charge in [-0.3, -0.25) is 4.79 Å². The van der Waals surface area contributed by atoms with Crippen molar-refractivity contribution < 1.29 is 4.79 Å². The monoisotopic (exact) mass is 265 g/mol. The second-order valence-corrected chi connectivity index (χ2v) is 5.60. The molecule has 1 aromatic carbocycles. The first kappa shape index (κ1) is 13.4. The molecule has 0 heterocycles. The highest BCUT2D eigenvalue weighted by molar-refractivity contribution is 6.18. The van der Waals surface area contributed by atoms with E-state index in [-0.39, 0.29) is 17.9 Å². The van der Waals surface area contributed by atoms with Crippen molar-refractivity contribution in [2.45, 2.75) is 32.2 Å². The van der Waals surface area contributed by atoms with Crippen molar-refractivity contribution in [2.75, 3.05) is 5.88 Å². The molecule has 3 heteroatoms. The molecule has 4 atom stereocenters. The van der Waals surface area contributed by atoms with Gasteiger partial charge >= 0.3 is 0 Å². The number of alkyl halides is 1. The summed E-state index contributed by atoms with van der Waals surface area (Å²) in [5, 5.41) is 3.07. The normalized spacial score (nSPS) is 25.3. The van der Waals surface area contributed by atoms with Crippen LogP contribution in [0.1, 0.15) is 31.7 Å². The molecule has 98 valence electrons. The Morgan fingerprint density at radius 3 is 2.67 bits per heavy atom. The van der Waals surface area contributed by atoms with Crippen LogP contribution in [0.4, 0.5) is 0 Å². The molecule has 0 saturated heterocycles. The van der Waals surface area contributed by atoms with Crippen LogP contribution in [0.3, 0.4) is 0 Å². The zero-order valence-corrected chi connectivity index (χ0v) is 11.7. The van der Waals surface area contributed by atoms with E-state index in [1.807, 2.05) is 25.1 Å². The molecule has 0 aliphatic heterocycles. The van der Waals surface area contributed by atoms with Gasteiger partial charge in [0, 0.05) is 17.8 Å². The number of benzene rings is 1. The number of nitrogens with one attached hydrogen (secondary N) is 1. The molecule has 4 unspecified atom stereocenters. The van der Waals surface area contributed by atoms with Crippen LogP contribution in [0.15, 0.2) is 30.3 Å². The van der Waals surface area contributed by atoms with Crippen LogP contribution in [0.2, 0.25) is 0 Å². The Hall–Kier alpha value is -1.02. The van der Waals surface area contributed by atoms with Gasteiger partial charge in [0.2, 0.25) is 5.91 Å². The van der Waals surface area contributed by atoms with E-state index in [0.717, 1.165) is 6.42 Å². The molecule has 0 spiro atoms. The van der Waals surface area contributed by atoms with Gasteiger partial charge in [0.05, 0.1) is 0 Å². The van der Waals surface area contributed by atoms with Crippen molar-refractivity contribution in [3.05, 3.63) is 35.9 Å². The van der Waals surface area contributed by atoms with Crippen LogP contribution in [0.25, 0.3) is 0 Å². The highest BCUT2D eigenvalue weighted by Gasteiger charge is 2.44. The number of rotatable bonds is 5. The first-order valence-corrected chi connectivity index (χ1v) is 7.08. The van der Waals surface area contributed by atoms with E-state index in [0.29, 0.717) is 17.7 Å². The van der Waals surface area contributed by atoms with Gasteiger partial charge in [-0.25, -0.2) is 0 Å². The summed E-state index contributed by atoms with van der Waals surface area (Å²) >= 11 is 5.80. The van der Waals surface area contributed by atoms with Crippen molar-refractivity contribution in [3.63, 3.8) is 0 Å². The molecular weight excluding hydrogens is 246 g/mol. The molecule has 0 bridgehead atoms. The Kier molecular flexibility index (Phi) is 4.28. The number of carbonyl (C=O) groups excluding carboxylic acids is 1. The molecule has 0 radical (unpaired) electrons. The van der Waals surface area contributed by atoms with Crippen molar-refractivity contribution in [1.29, 1.82) is 0 Å². The van der Waals surface area contributed by atoms with Gasteiger partial charge in [0.25, 0.3) is 0 Å². The number of carbonyl (C=O) groups is 1. The standard InChI is InChI=1S/C15H20ClNO/c1-10(9-16)11(2)17-15(18)14-8-13(14)12-6-4-3-5-7-12/h3-7,10-11,13-14H,8-9H2,1-2H3,(H,17,18). The minimum Gasteiger partial charge on any atom is -0.353 e. The summed E-state index contributed by atoms with van der Waals surface area (Å²) < 4.78 is 0. The van der Waals surface area contributed by atoms with Crippen LogP contribution >= 0.6 is 11.6 Å². The van der Waals surface area contributed by atoms with Crippen molar-refractivity contribution >= 4 is 17.5 Å². The molecule has 0 aromatic heterocycles. The maximum Gasteiger partial charge on any atom is 0.223 e. The third-order valence-electron chi connectivity index (χ3n) is 3.82. The minimum absolute atomic E-state index is 0.145. The lowest BCUT2D eigenvalue weighted by Gasteiger charge is -2.19. The minimum atomic E-state index is 0.145. The molecule has 1 aromatic rings. The summed E-state index contributed by atoms with van der Waals surface area (Å²) in [7, 11) is 0. The Morgan fingerprint density at radius 1 is 1.39 bits per heavy atom.